The first-order valence-corrected chi connectivity index (χ1v) is 10.3. The molecule has 166 valence electrons. The summed E-state index contributed by atoms with van der Waals surface area (Å²) >= 11 is 0. The van der Waals surface area contributed by atoms with Crippen LogP contribution in [0.1, 0.15) is 37.1 Å². The van der Waals surface area contributed by atoms with Gasteiger partial charge in [0.25, 0.3) is 0 Å². The molecule has 6 nitrogen and oxygen atoms in total. The van der Waals surface area contributed by atoms with Gasteiger partial charge >= 0.3 is 0 Å². The number of rotatable bonds is 8. The predicted molar refractivity (Wildman–Crippen MR) is 131 cm³/mol. The van der Waals surface area contributed by atoms with Crippen LogP contribution in [-0.2, 0) is 6.54 Å². The Morgan fingerprint density at radius 1 is 1.23 bits per heavy atom. The van der Waals surface area contributed by atoms with E-state index in [-0.39, 0.29) is 35.8 Å². The zero-order chi connectivity index (χ0) is 20.6. The quantitative estimate of drug-likeness (QED) is 0.308. The van der Waals surface area contributed by atoms with Crippen molar-refractivity contribution >= 4 is 35.6 Å². The molecule has 1 aromatic heterocycles. The number of anilines is 1. The number of nitrogens with one attached hydrogen (secondary N) is 2. The third-order valence-electron chi connectivity index (χ3n) is 5.17. The molecule has 1 aliphatic rings. The molecule has 1 unspecified atom stereocenters. The fourth-order valence-corrected chi connectivity index (χ4v) is 3.66. The topological polar surface area (TPSA) is 56.0 Å². The Kier molecular flexibility index (Phi) is 9.90. The molecule has 1 aromatic carbocycles. The number of furan rings is 1. The summed E-state index contributed by atoms with van der Waals surface area (Å²) in [5.41, 5.74) is 1.42. The molecule has 0 saturated carbocycles. The van der Waals surface area contributed by atoms with Crippen molar-refractivity contribution in [1.82, 2.24) is 15.5 Å². The van der Waals surface area contributed by atoms with E-state index in [9.17, 15) is 4.39 Å². The van der Waals surface area contributed by atoms with Crippen molar-refractivity contribution in [3.05, 3.63) is 53.7 Å². The number of hydrogen-bond acceptors (Lipinski definition) is 4. The van der Waals surface area contributed by atoms with Crippen LogP contribution in [0.5, 0.6) is 0 Å². The molecule has 1 atom stereocenters. The van der Waals surface area contributed by atoms with Gasteiger partial charge in [-0.15, -0.1) is 24.0 Å². The van der Waals surface area contributed by atoms with Crippen molar-refractivity contribution in [2.75, 3.05) is 45.2 Å². The van der Waals surface area contributed by atoms with Crippen LogP contribution in [0.2, 0.25) is 0 Å². The Balaban J connectivity index is 0.00000320. The van der Waals surface area contributed by atoms with Gasteiger partial charge in [0.15, 0.2) is 5.96 Å². The van der Waals surface area contributed by atoms with Gasteiger partial charge in [0.1, 0.15) is 11.6 Å². The SMILES string of the molecule is CCNC(=NCc1ccc(N(C)C)c(F)c1)NCC(c1ccco1)N1CCCC1.I. The maximum atomic E-state index is 14.2. The lowest BCUT2D eigenvalue weighted by molar-refractivity contribution is 0.215. The number of hydrogen-bond donors (Lipinski definition) is 2. The van der Waals surface area contributed by atoms with Gasteiger partial charge in [-0.1, -0.05) is 6.07 Å². The summed E-state index contributed by atoms with van der Waals surface area (Å²) in [7, 11) is 3.67. The molecule has 0 spiro atoms. The highest BCUT2D eigenvalue weighted by atomic mass is 127. The second kappa shape index (κ2) is 12.1. The standard InChI is InChI=1S/C22H32FN5O.HI/c1-4-24-22(25-15-17-9-10-19(27(2)3)18(23)14-17)26-16-20(21-8-7-13-29-21)28-11-5-6-12-28;/h7-10,13-14,20H,4-6,11-12,15-16H2,1-3H3,(H2,24,25,26);1H. The summed E-state index contributed by atoms with van der Waals surface area (Å²) in [5, 5.41) is 6.71. The molecule has 2 aromatic rings. The van der Waals surface area contributed by atoms with Crippen LogP contribution in [0.3, 0.4) is 0 Å². The van der Waals surface area contributed by atoms with Crippen LogP contribution in [0.4, 0.5) is 10.1 Å². The van der Waals surface area contributed by atoms with Crippen molar-refractivity contribution in [3.8, 4) is 0 Å². The normalized spacial score (nSPS) is 15.5. The van der Waals surface area contributed by atoms with Crippen LogP contribution in [0.15, 0.2) is 46.0 Å². The molecule has 0 radical (unpaired) electrons. The third kappa shape index (κ3) is 6.60. The van der Waals surface area contributed by atoms with Gasteiger partial charge in [-0.25, -0.2) is 9.38 Å². The molecule has 1 fully saturated rings. The van der Waals surface area contributed by atoms with E-state index in [4.69, 9.17) is 4.42 Å². The van der Waals surface area contributed by atoms with E-state index in [1.807, 2.05) is 39.2 Å². The largest absolute Gasteiger partial charge is 0.468 e. The minimum absolute atomic E-state index is 0. The predicted octanol–water partition coefficient (Wildman–Crippen LogP) is 3.99. The molecular weight excluding hydrogens is 496 g/mol. The van der Waals surface area contributed by atoms with Crippen molar-refractivity contribution in [3.63, 3.8) is 0 Å². The van der Waals surface area contributed by atoms with E-state index < -0.39 is 0 Å². The molecule has 2 heterocycles. The number of likely N-dealkylation sites (tertiary alicyclic amines) is 1. The second-order valence-electron chi connectivity index (χ2n) is 7.53. The zero-order valence-electron chi connectivity index (χ0n) is 18.0. The molecule has 1 saturated heterocycles. The molecule has 2 N–H and O–H groups in total. The van der Waals surface area contributed by atoms with E-state index >= 15 is 0 Å². The van der Waals surface area contributed by atoms with Gasteiger partial charge in [-0.3, -0.25) is 4.90 Å². The first-order chi connectivity index (χ1) is 14.1. The van der Waals surface area contributed by atoms with Gasteiger partial charge in [0.2, 0.25) is 0 Å². The van der Waals surface area contributed by atoms with Crippen molar-refractivity contribution in [2.45, 2.75) is 32.4 Å². The fourth-order valence-electron chi connectivity index (χ4n) is 3.66. The van der Waals surface area contributed by atoms with Gasteiger partial charge in [0.05, 0.1) is 24.5 Å². The summed E-state index contributed by atoms with van der Waals surface area (Å²) in [4.78, 5) is 8.86. The Morgan fingerprint density at radius 2 is 2.00 bits per heavy atom. The summed E-state index contributed by atoms with van der Waals surface area (Å²) in [6.07, 6.45) is 4.17. The van der Waals surface area contributed by atoms with E-state index in [1.54, 1.807) is 23.3 Å². The summed E-state index contributed by atoms with van der Waals surface area (Å²) in [6.45, 7) is 6.07. The number of halogens is 2. The van der Waals surface area contributed by atoms with Gasteiger partial charge in [0, 0.05) is 27.2 Å². The monoisotopic (exact) mass is 529 g/mol. The third-order valence-corrected chi connectivity index (χ3v) is 5.17. The van der Waals surface area contributed by atoms with E-state index in [0.29, 0.717) is 18.8 Å². The Morgan fingerprint density at radius 3 is 2.60 bits per heavy atom. The number of aliphatic imine (C=N–C) groups is 1. The van der Waals surface area contributed by atoms with Crippen molar-refractivity contribution in [2.24, 2.45) is 4.99 Å². The second-order valence-corrected chi connectivity index (χ2v) is 7.53. The number of benzene rings is 1. The van der Waals surface area contributed by atoms with Gasteiger partial charge in [-0.2, -0.15) is 0 Å². The molecule has 0 bridgehead atoms. The average molecular weight is 529 g/mol. The van der Waals surface area contributed by atoms with Gasteiger partial charge < -0.3 is 20.0 Å². The Hall–Kier alpha value is -1.81. The maximum absolute atomic E-state index is 14.2. The molecule has 0 aliphatic carbocycles. The molecule has 3 rings (SSSR count). The van der Waals surface area contributed by atoms with Crippen molar-refractivity contribution in [1.29, 1.82) is 0 Å². The van der Waals surface area contributed by atoms with Crippen molar-refractivity contribution < 1.29 is 8.81 Å². The Labute approximate surface area is 195 Å². The highest BCUT2D eigenvalue weighted by molar-refractivity contribution is 14.0. The molecule has 1 aliphatic heterocycles. The zero-order valence-corrected chi connectivity index (χ0v) is 20.4. The molecule has 0 amide bonds. The highest BCUT2D eigenvalue weighted by Crippen LogP contribution is 2.25. The average Bonchev–Trinajstić information content (AvgIpc) is 3.40. The molecule has 8 heteroatoms. The van der Waals surface area contributed by atoms with E-state index in [2.05, 4.69) is 20.5 Å². The molecule has 30 heavy (non-hydrogen) atoms. The smallest absolute Gasteiger partial charge is 0.191 e. The lowest BCUT2D eigenvalue weighted by Gasteiger charge is -2.26. The highest BCUT2D eigenvalue weighted by Gasteiger charge is 2.25. The minimum atomic E-state index is -0.229. The van der Waals surface area contributed by atoms with Crippen LogP contribution in [0.25, 0.3) is 0 Å². The maximum Gasteiger partial charge on any atom is 0.191 e. The first-order valence-electron chi connectivity index (χ1n) is 10.3. The first kappa shape index (κ1) is 24.5. The lowest BCUT2D eigenvalue weighted by Crippen LogP contribution is -2.42. The lowest BCUT2D eigenvalue weighted by atomic mass is 10.2. The summed E-state index contributed by atoms with van der Waals surface area (Å²) < 4.78 is 19.9. The van der Waals surface area contributed by atoms with Crippen LogP contribution in [0, 0.1) is 5.82 Å². The number of nitrogens with zero attached hydrogens (tertiary/aromatic N) is 3. The summed E-state index contributed by atoms with van der Waals surface area (Å²) in [6, 6.07) is 9.40. The molecular formula is C22H33FIN5O. The van der Waals surface area contributed by atoms with Gasteiger partial charge in [-0.05, 0) is 62.7 Å². The number of guanidine groups is 1. The van der Waals surface area contributed by atoms with Crippen LogP contribution < -0.4 is 15.5 Å². The summed E-state index contributed by atoms with van der Waals surface area (Å²) in [5.74, 6) is 1.46. The Bertz CT molecular complexity index is 791. The minimum Gasteiger partial charge on any atom is -0.468 e. The van der Waals surface area contributed by atoms with E-state index in [0.717, 1.165) is 36.9 Å². The van der Waals surface area contributed by atoms with Crippen LogP contribution >= 0.6 is 24.0 Å². The fraction of sp³-hybridized carbons (Fsp3) is 0.500. The van der Waals surface area contributed by atoms with E-state index in [1.165, 1.54) is 12.8 Å². The van der Waals surface area contributed by atoms with Crippen LogP contribution in [-0.4, -0.2) is 51.1 Å².